The predicted molar refractivity (Wildman–Crippen MR) is 96.2 cm³/mol. The van der Waals surface area contributed by atoms with E-state index in [4.69, 9.17) is 5.26 Å². The maximum absolute atomic E-state index is 12.9. The van der Waals surface area contributed by atoms with Gasteiger partial charge >= 0.3 is 6.03 Å². The van der Waals surface area contributed by atoms with Crippen molar-refractivity contribution in [2.24, 2.45) is 0 Å². The lowest BCUT2D eigenvalue weighted by molar-refractivity contribution is 0.189. The molecule has 2 heterocycles. The van der Waals surface area contributed by atoms with Gasteiger partial charge in [0.15, 0.2) is 0 Å². The first-order chi connectivity index (χ1) is 12.1. The highest BCUT2D eigenvalue weighted by Gasteiger charge is 2.30. The molecular formula is C19H23N5O. The van der Waals surface area contributed by atoms with Gasteiger partial charge in [0.05, 0.1) is 23.4 Å². The SMILES string of the molecule is Cc1n[nH]c(C)c1C1CCCCCN1C(=O)Nc1ccc(C#N)cc1. The molecule has 2 aromatic rings. The highest BCUT2D eigenvalue weighted by atomic mass is 16.2. The Kier molecular flexibility index (Phi) is 5.03. The molecule has 130 valence electrons. The van der Waals surface area contributed by atoms with Crippen LogP contribution in [0.15, 0.2) is 24.3 Å². The molecular weight excluding hydrogens is 314 g/mol. The maximum atomic E-state index is 12.9. The number of hydrogen-bond acceptors (Lipinski definition) is 3. The van der Waals surface area contributed by atoms with Crippen LogP contribution in [0.5, 0.6) is 0 Å². The third-order valence-corrected chi connectivity index (χ3v) is 4.80. The lowest BCUT2D eigenvalue weighted by atomic mass is 9.99. The number of carbonyl (C=O) groups is 1. The molecule has 0 saturated carbocycles. The monoisotopic (exact) mass is 337 g/mol. The molecule has 1 atom stereocenters. The summed E-state index contributed by atoms with van der Waals surface area (Å²) in [6.45, 7) is 4.73. The number of nitrogens with zero attached hydrogens (tertiary/aromatic N) is 3. The minimum Gasteiger partial charge on any atom is -0.317 e. The Balaban J connectivity index is 1.83. The Morgan fingerprint density at radius 3 is 2.68 bits per heavy atom. The first-order valence-electron chi connectivity index (χ1n) is 8.69. The smallest absolute Gasteiger partial charge is 0.317 e. The first kappa shape index (κ1) is 17.0. The van der Waals surface area contributed by atoms with Crippen LogP contribution in [-0.2, 0) is 0 Å². The fraction of sp³-hybridized carbons (Fsp3) is 0.421. The molecule has 0 radical (unpaired) electrons. The van der Waals surface area contributed by atoms with Crippen molar-refractivity contribution in [3.05, 3.63) is 46.8 Å². The van der Waals surface area contributed by atoms with E-state index in [-0.39, 0.29) is 12.1 Å². The molecule has 6 nitrogen and oxygen atoms in total. The van der Waals surface area contributed by atoms with Gasteiger partial charge in [0.25, 0.3) is 0 Å². The number of H-pyrrole nitrogens is 1. The minimum absolute atomic E-state index is 0.0413. The number of urea groups is 1. The van der Waals surface area contributed by atoms with Crippen molar-refractivity contribution in [1.29, 1.82) is 5.26 Å². The van der Waals surface area contributed by atoms with Crippen LogP contribution < -0.4 is 5.32 Å². The van der Waals surface area contributed by atoms with Crippen LogP contribution in [0.1, 0.15) is 54.2 Å². The van der Waals surface area contributed by atoms with E-state index < -0.39 is 0 Å². The molecule has 2 N–H and O–H groups in total. The van der Waals surface area contributed by atoms with Crippen LogP contribution in [-0.4, -0.2) is 27.7 Å². The van der Waals surface area contributed by atoms with Crippen molar-refractivity contribution in [3.63, 3.8) is 0 Å². The molecule has 1 saturated heterocycles. The van der Waals surface area contributed by atoms with E-state index in [9.17, 15) is 4.79 Å². The predicted octanol–water partition coefficient (Wildman–Crippen LogP) is 4.05. The molecule has 2 amide bonds. The zero-order valence-electron chi connectivity index (χ0n) is 14.7. The largest absolute Gasteiger partial charge is 0.322 e. The number of likely N-dealkylation sites (tertiary alicyclic amines) is 1. The van der Waals surface area contributed by atoms with Gasteiger partial charge in [-0.05, 0) is 51.0 Å². The molecule has 1 fully saturated rings. The van der Waals surface area contributed by atoms with Crippen molar-refractivity contribution < 1.29 is 4.79 Å². The number of aromatic amines is 1. The molecule has 6 heteroatoms. The fourth-order valence-electron chi connectivity index (χ4n) is 3.53. The summed E-state index contributed by atoms with van der Waals surface area (Å²) in [4.78, 5) is 14.8. The summed E-state index contributed by atoms with van der Waals surface area (Å²) in [5.74, 6) is 0. The highest BCUT2D eigenvalue weighted by molar-refractivity contribution is 5.89. The van der Waals surface area contributed by atoms with Gasteiger partial charge in [0.2, 0.25) is 0 Å². The van der Waals surface area contributed by atoms with Gasteiger partial charge in [-0.25, -0.2) is 4.79 Å². The number of anilines is 1. The quantitative estimate of drug-likeness (QED) is 0.867. The highest BCUT2D eigenvalue weighted by Crippen LogP contribution is 2.33. The van der Waals surface area contributed by atoms with Gasteiger partial charge in [0.1, 0.15) is 0 Å². The molecule has 1 aliphatic heterocycles. The summed E-state index contributed by atoms with van der Waals surface area (Å²) >= 11 is 0. The minimum atomic E-state index is -0.100. The van der Waals surface area contributed by atoms with Crippen molar-refractivity contribution in [2.45, 2.75) is 45.6 Å². The van der Waals surface area contributed by atoms with E-state index in [1.165, 1.54) is 0 Å². The maximum Gasteiger partial charge on any atom is 0.322 e. The molecule has 0 bridgehead atoms. The van der Waals surface area contributed by atoms with Crippen LogP contribution in [0.3, 0.4) is 0 Å². The number of nitriles is 1. The second kappa shape index (κ2) is 7.39. The van der Waals surface area contributed by atoms with Gasteiger partial charge in [-0.2, -0.15) is 10.4 Å². The van der Waals surface area contributed by atoms with Crippen LogP contribution in [0.2, 0.25) is 0 Å². The number of hydrogen-bond donors (Lipinski definition) is 2. The topological polar surface area (TPSA) is 84.8 Å². The zero-order chi connectivity index (χ0) is 17.8. The van der Waals surface area contributed by atoms with Crippen LogP contribution >= 0.6 is 0 Å². The Labute approximate surface area is 147 Å². The third-order valence-electron chi connectivity index (χ3n) is 4.80. The van der Waals surface area contributed by atoms with E-state index >= 15 is 0 Å². The Hall–Kier alpha value is -2.81. The van der Waals surface area contributed by atoms with E-state index in [1.54, 1.807) is 24.3 Å². The third kappa shape index (κ3) is 3.66. The van der Waals surface area contributed by atoms with Gasteiger partial charge in [-0.3, -0.25) is 5.10 Å². The van der Waals surface area contributed by atoms with Crippen molar-refractivity contribution in [3.8, 4) is 6.07 Å². The molecule has 1 unspecified atom stereocenters. The zero-order valence-corrected chi connectivity index (χ0v) is 14.7. The lowest BCUT2D eigenvalue weighted by Gasteiger charge is -2.30. The average molecular weight is 337 g/mol. The molecule has 25 heavy (non-hydrogen) atoms. The lowest BCUT2D eigenvalue weighted by Crippen LogP contribution is -2.38. The first-order valence-corrected chi connectivity index (χ1v) is 8.69. The summed E-state index contributed by atoms with van der Waals surface area (Å²) in [6, 6.07) is 8.96. The van der Waals surface area contributed by atoms with E-state index in [0.29, 0.717) is 11.3 Å². The molecule has 1 aliphatic rings. The number of rotatable bonds is 2. The van der Waals surface area contributed by atoms with Crippen molar-refractivity contribution in [2.75, 3.05) is 11.9 Å². The van der Waals surface area contributed by atoms with Gasteiger partial charge in [-0.15, -0.1) is 0 Å². The van der Waals surface area contributed by atoms with Crippen molar-refractivity contribution >= 4 is 11.7 Å². The Morgan fingerprint density at radius 2 is 2.04 bits per heavy atom. The Bertz CT molecular complexity index is 768. The average Bonchev–Trinajstić information content (AvgIpc) is 2.82. The number of carbonyl (C=O) groups excluding carboxylic acids is 1. The molecule has 1 aromatic carbocycles. The molecule has 1 aromatic heterocycles. The van der Waals surface area contributed by atoms with Crippen molar-refractivity contribution in [1.82, 2.24) is 15.1 Å². The van der Waals surface area contributed by atoms with Gasteiger partial charge in [0, 0.05) is 23.5 Å². The normalized spacial score (nSPS) is 17.6. The van der Waals surface area contributed by atoms with E-state index in [1.807, 2.05) is 18.7 Å². The van der Waals surface area contributed by atoms with E-state index in [0.717, 1.165) is 49.2 Å². The Morgan fingerprint density at radius 1 is 1.28 bits per heavy atom. The number of amides is 2. The second-order valence-electron chi connectivity index (χ2n) is 6.53. The summed E-state index contributed by atoms with van der Waals surface area (Å²) in [5.41, 5.74) is 4.40. The number of aromatic nitrogens is 2. The van der Waals surface area contributed by atoms with Crippen LogP contribution in [0, 0.1) is 25.2 Å². The number of nitrogens with one attached hydrogen (secondary N) is 2. The standard InChI is InChI=1S/C19H23N5O/c1-13-18(14(2)23-22-13)17-6-4-3-5-11-24(17)19(25)21-16-9-7-15(12-20)8-10-16/h7-10,17H,3-6,11H2,1-2H3,(H,21,25)(H,22,23). The summed E-state index contributed by atoms with van der Waals surface area (Å²) in [6.07, 6.45) is 4.19. The number of aryl methyl sites for hydroxylation is 2. The number of benzene rings is 1. The molecule has 0 aliphatic carbocycles. The summed E-state index contributed by atoms with van der Waals surface area (Å²) in [5, 5.41) is 19.2. The van der Waals surface area contributed by atoms with Crippen LogP contribution in [0.4, 0.5) is 10.5 Å². The van der Waals surface area contributed by atoms with Gasteiger partial charge < -0.3 is 10.2 Å². The van der Waals surface area contributed by atoms with Crippen LogP contribution in [0.25, 0.3) is 0 Å². The van der Waals surface area contributed by atoms with Gasteiger partial charge in [-0.1, -0.05) is 12.8 Å². The summed E-state index contributed by atoms with van der Waals surface area (Å²) in [7, 11) is 0. The molecule has 3 rings (SSSR count). The fourth-order valence-corrected chi connectivity index (χ4v) is 3.53. The second-order valence-corrected chi connectivity index (χ2v) is 6.53. The molecule has 0 spiro atoms. The van der Waals surface area contributed by atoms with E-state index in [2.05, 4.69) is 21.6 Å². The summed E-state index contributed by atoms with van der Waals surface area (Å²) < 4.78 is 0.